The Balaban J connectivity index is 1.73. The molecule has 9 nitrogen and oxygen atoms in total. The first kappa shape index (κ1) is 24.7. The van der Waals surface area contributed by atoms with Crippen molar-refractivity contribution < 1.29 is 9.53 Å². The summed E-state index contributed by atoms with van der Waals surface area (Å²) in [7, 11) is 1.78. The molecule has 186 valence electrons. The molecule has 1 saturated heterocycles. The Hall–Kier alpha value is -3.46. The second-order valence-corrected chi connectivity index (χ2v) is 9.06. The molecule has 0 unspecified atom stereocenters. The molecule has 1 aromatic carbocycles. The number of hydrogen-bond acceptors (Lipinski definition) is 6. The first-order valence-corrected chi connectivity index (χ1v) is 12.1. The number of hydrogen-bond donors (Lipinski definition) is 2. The number of ether oxygens (including phenoxy) is 1. The predicted octanol–water partition coefficient (Wildman–Crippen LogP) is 3.03. The Kier molecular flexibility index (Phi) is 7.35. The van der Waals surface area contributed by atoms with E-state index in [2.05, 4.69) is 38.3 Å². The number of aromatic amines is 1. The van der Waals surface area contributed by atoms with Gasteiger partial charge in [0.05, 0.1) is 12.1 Å². The molecule has 1 aliphatic heterocycles. The Morgan fingerprint density at radius 1 is 1.17 bits per heavy atom. The number of carbonyl (C=O) groups is 1. The molecule has 0 bridgehead atoms. The summed E-state index contributed by atoms with van der Waals surface area (Å²) in [6.07, 6.45) is 5.47. The third kappa shape index (κ3) is 5.14. The van der Waals surface area contributed by atoms with E-state index in [-0.39, 0.29) is 18.0 Å². The van der Waals surface area contributed by atoms with E-state index in [9.17, 15) is 9.59 Å². The lowest BCUT2D eigenvalue weighted by Crippen LogP contribution is -2.40. The highest BCUT2D eigenvalue weighted by Crippen LogP contribution is 2.33. The Bertz CT molecular complexity index is 1260. The number of nitrogens with zero attached hydrogens (tertiary/aromatic N) is 4. The minimum atomic E-state index is -0.218. The average molecular weight is 479 g/mol. The molecule has 1 aliphatic rings. The molecule has 0 radical (unpaired) electrons. The van der Waals surface area contributed by atoms with Crippen LogP contribution < -0.4 is 15.8 Å². The van der Waals surface area contributed by atoms with Crippen LogP contribution in [0.15, 0.2) is 29.3 Å². The summed E-state index contributed by atoms with van der Waals surface area (Å²) < 4.78 is 7.25. The standard InChI is InChI=1S/C26H34N6O3/c1-6-32(21-7-9-35-10-8-21)24-12-19(20-13-27-18(4)28-14-20)11-22(16(24)2)25(33)29-15-23-17(3)31(5)30-26(23)34/h11-14,21H,6-10,15H2,1-5H3,(H,29,33)(H,30,34). The van der Waals surface area contributed by atoms with Gasteiger partial charge in [-0.25, -0.2) is 9.97 Å². The fourth-order valence-corrected chi connectivity index (χ4v) is 4.71. The van der Waals surface area contributed by atoms with Crippen LogP contribution in [-0.2, 0) is 18.3 Å². The lowest BCUT2D eigenvalue weighted by atomic mass is 9.96. The van der Waals surface area contributed by atoms with Crippen molar-refractivity contribution in [3.05, 3.63) is 63.1 Å². The molecule has 2 N–H and O–H groups in total. The quantitative estimate of drug-likeness (QED) is 0.541. The van der Waals surface area contributed by atoms with Crippen molar-refractivity contribution in [2.75, 3.05) is 24.7 Å². The van der Waals surface area contributed by atoms with Gasteiger partial charge in [-0.2, -0.15) is 0 Å². The minimum Gasteiger partial charge on any atom is -0.381 e. The van der Waals surface area contributed by atoms with Gasteiger partial charge in [0.1, 0.15) is 5.82 Å². The third-order valence-electron chi connectivity index (χ3n) is 6.93. The molecule has 0 saturated carbocycles. The van der Waals surface area contributed by atoms with E-state index < -0.39 is 0 Å². The van der Waals surface area contributed by atoms with E-state index in [0.29, 0.717) is 23.0 Å². The van der Waals surface area contributed by atoms with Gasteiger partial charge >= 0.3 is 0 Å². The summed E-state index contributed by atoms with van der Waals surface area (Å²) in [5.74, 6) is 0.476. The Morgan fingerprint density at radius 3 is 2.46 bits per heavy atom. The molecule has 3 heterocycles. The van der Waals surface area contributed by atoms with Crippen LogP contribution in [-0.4, -0.2) is 51.5 Å². The number of rotatable bonds is 7. The molecular formula is C26H34N6O3. The molecule has 35 heavy (non-hydrogen) atoms. The molecule has 1 fully saturated rings. The van der Waals surface area contributed by atoms with Crippen LogP contribution in [0.5, 0.6) is 0 Å². The number of carbonyl (C=O) groups excluding carboxylic acids is 1. The fraction of sp³-hybridized carbons (Fsp3) is 0.462. The maximum Gasteiger partial charge on any atom is 0.269 e. The molecule has 0 atom stereocenters. The van der Waals surface area contributed by atoms with Gasteiger partial charge in [0, 0.05) is 67.7 Å². The van der Waals surface area contributed by atoms with E-state index in [4.69, 9.17) is 4.74 Å². The zero-order valence-corrected chi connectivity index (χ0v) is 21.1. The van der Waals surface area contributed by atoms with Crippen LogP contribution in [0.25, 0.3) is 11.1 Å². The highest BCUT2D eigenvalue weighted by molar-refractivity contribution is 5.98. The Morgan fingerprint density at radius 2 is 1.86 bits per heavy atom. The molecular weight excluding hydrogens is 444 g/mol. The Labute approximate surface area is 205 Å². The van der Waals surface area contributed by atoms with Crippen molar-refractivity contribution in [1.29, 1.82) is 0 Å². The lowest BCUT2D eigenvalue weighted by Gasteiger charge is -2.37. The third-order valence-corrected chi connectivity index (χ3v) is 6.93. The topological polar surface area (TPSA) is 105 Å². The first-order valence-electron chi connectivity index (χ1n) is 12.1. The first-order chi connectivity index (χ1) is 16.8. The van der Waals surface area contributed by atoms with Crippen LogP contribution in [0.2, 0.25) is 0 Å². The minimum absolute atomic E-state index is 0.158. The lowest BCUT2D eigenvalue weighted by molar-refractivity contribution is 0.0846. The fourth-order valence-electron chi connectivity index (χ4n) is 4.71. The number of benzene rings is 1. The molecule has 2 aromatic heterocycles. The molecule has 3 aromatic rings. The molecule has 0 spiro atoms. The predicted molar refractivity (Wildman–Crippen MR) is 136 cm³/mol. The average Bonchev–Trinajstić information content (AvgIpc) is 3.10. The smallest absolute Gasteiger partial charge is 0.269 e. The van der Waals surface area contributed by atoms with Crippen LogP contribution in [0.4, 0.5) is 5.69 Å². The normalized spacial score (nSPS) is 14.2. The van der Waals surface area contributed by atoms with Crippen LogP contribution in [0.3, 0.4) is 0 Å². The van der Waals surface area contributed by atoms with Gasteiger partial charge in [0.15, 0.2) is 0 Å². The van der Waals surface area contributed by atoms with Crippen LogP contribution in [0.1, 0.15) is 52.8 Å². The van der Waals surface area contributed by atoms with Crippen molar-refractivity contribution in [1.82, 2.24) is 25.1 Å². The van der Waals surface area contributed by atoms with Gasteiger partial charge in [0.25, 0.3) is 11.5 Å². The summed E-state index contributed by atoms with van der Waals surface area (Å²) in [5.41, 5.74) is 5.41. The van der Waals surface area contributed by atoms with E-state index in [0.717, 1.165) is 60.7 Å². The number of nitrogens with one attached hydrogen (secondary N) is 2. The van der Waals surface area contributed by atoms with Crippen molar-refractivity contribution in [3.63, 3.8) is 0 Å². The largest absolute Gasteiger partial charge is 0.381 e. The number of aryl methyl sites for hydroxylation is 2. The van der Waals surface area contributed by atoms with Crippen LogP contribution in [0, 0.1) is 20.8 Å². The number of H-pyrrole nitrogens is 1. The van der Waals surface area contributed by atoms with E-state index in [1.807, 2.05) is 26.8 Å². The highest BCUT2D eigenvalue weighted by Gasteiger charge is 2.25. The van der Waals surface area contributed by atoms with E-state index >= 15 is 0 Å². The molecule has 4 rings (SSSR count). The summed E-state index contributed by atoms with van der Waals surface area (Å²) in [5, 5.41) is 5.69. The number of amides is 1. The monoisotopic (exact) mass is 478 g/mol. The van der Waals surface area contributed by atoms with Gasteiger partial charge in [-0.15, -0.1) is 0 Å². The zero-order valence-electron chi connectivity index (χ0n) is 21.1. The molecule has 0 aliphatic carbocycles. The summed E-state index contributed by atoms with van der Waals surface area (Å²) in [4.78, 5) is 36.8. The van der Waals surface area contributed by atoms with Gasteiger partial charge < -0.3 is 15.0 Å². The van der Waals surface area contributed by atoms with E-state index in [1.54, 1.807) is 24.1 Å². The molecule has 9 heteroatoms. The number of anilines is 1. The maximum atomic E-state index is 13.4. The van der Waals surface area contributed by atoms with Crippen molar-refractivity contribution >= 4 is 11.6 Å². The van der Waals surface area contributed by atoms with Crippen molar-refractivity contribution in [2.24, 2.45) is 7.05 Å². The van der Waals surface area contributed by atoms with Gasteiger partial charge in [-0.1, -0.05) is 0 Å². The van der Waals surface area contributed by atoms with Crippen molar-refractivity contribution in [3.8, 4) is 11.1 Å². The van der Waals surface area contributed by atoms with Gasteiger partial charge in [-0.05, 0) is 63.8 Å². The van der Waals surface area contributed by atoms with Gasteiger partial charge in [0.2, 0.25) is 0 Å². The van der Waals surface area contributed by atoms with E-state index in [1.165, 1.54) is 0 Å². The summed E-state index contributed by atoms with van der Waals surface area (Å²) in [6.45, 7) is 10.3. The second-order valence-electron chi connectivity index (χ2n) is 9.06. The number of aromatic nitrogens is 4. The van der Waals surface area contributed by atoms with Crippen LogP contribution >= 0.6 is 0 Å². The highest BCUT2D eigenvalue weighted by atomic mass is 16.5. The van der Waals surface area contributed by atoms with Crippen molar-refractivity contribution in [2.45, 2.75) is 53.1 Å². The summed E-state index contributed by atoms with van der Waals surface area (Å²) in [6, 6.07) is 4.37. The zero-order chi connectivity index (χ0) is 25.1. The second kappa shape index (κ2) is 10.4. The SMILES string of the molecule is CCN(c1cc(-c2cnc(C)nc2)cc(C(=O)NCc2c(C)n(C)[nH]c2=O)c1C)C1CCOCC1. The van der Waals surface area contributed by atoms with Gasteiger partial charge in [-0.3, -0.25) is 19.4 Å². The summed E-state index contributed by atoms with van der Waals surface area (Å²) >= 11 is 0. The maximum absolute atomic E-state index is 13.4. The molecule has 1 amide bonds.